The lowest BCUT2D eigenvalue weighted by Crippen LogP contribution is -2.52. The predicted octanol–water partition coefficient (Wildman–Crippen LogP) is 3.21. The van der Waals surface area contributed by atoms with Crippen LogP contribution in [-0.2, 0) is 0 Å². The van der Waals surface area contributed by atoms with Gasteiger partial charge in [0.05, 0.1) is 11.2 Å². The third kappa shape index (κ3) is 4.96. The van der Waals surface area contributed by atoms with E-state index in [1.165, 1.54) is 19.3 Å². The molecule has 0 unspecified atom stereocenters. The number of likely N-dealkylation sites (tertiary alicyclic amines) is 1. The molecule has 0 atom stereocenters. The van der Waals surface area contributed by atoms with Crippen molar-refractivity contribution in [3.05, 3.63) is 29.0 Å². The first-order valence-corrected chi connectivity index (χ1v) is 10.2. The van der Waals surface area contributed by atoms with E-state index in [4.69, 9.17) is 11.6 Å². The minimum absolute atomic E-state index is 0.110. The maximum absolute atomic E-state index is 13.2. The fourth-order valence-corrected chi connectivity index (χ4v) is 4.36. The van der Waals surface area contributed by atoms with E-state index in [1.807, 2.05) is 4.90 Å². The molecule has 2 fully saturated rings. The zero-order chi connectivity index (χ0) is 18.6. The number of piperidine rings is 1. The lowest BCUT2D eigenvalue weighted by Gasteiger charge is -2.41. The predicted molar refractivity (Wildman–Crippen MR) is 103 cm³/mol. The first-order valence-electron chi connectivity index (χ1n) is 9.77. The second-order valence-corrected chi connectivity index (χ2v) is 8.42. The van der Waals surface area contributed by atoms with Gasteiger partial charge in [0.1, 0.15) is 5.15 Å². The summed E-state index contributed by atoms with van der Waals surface area (Å²) >= 11 is 6.17. The maximum Gasteiger partial charge on any atom is 0.257 e. The summed E-state index contributed by atoms with van der Waals surface area (Å²) in [6.45, 7) is 2.79. The van der Waals surface area contributed by atoms with Crippen molar-refractivity contribution in [3.63, 3.8) is 0 Å². The summed E-state index contributed by atoms with van der Waals surface area (Å²) in [4.78, 5) is 21.3. The highest BCUT2D eigenvalue weighted by Crippen LogP contribution is 2.28. The molecule has 6 heteroatoms. The number of hydrogen-bond acceptors (Lipinski definition) is 4. The van der Waals surface area contributed by atoms with E-state index in [1.54, 1.807) is 18.3 Å². The van der Waals surface area contributed by atoms with Gasteiger partial charge in [0.15, 0.2) is 0 Å². The summed E-state index contributed by atoms with van der Waals surface area (Å²) in [5, 5.41) is 11.3. The summed E-state index contributed by atoms with van der Waals surface area (Å²) in [6.07, 6.45) is 9.05. The number of hydrogen-bond donors (Lipinski definition) is 1. The zero-order valence-corrected chi connectivity index (χ0v) is 16.4. The minimum Gasteiger partial charge on any atom is -0.388 e. The third-order valence-corrected chi connectivity index (χ3v) is 6.18. The van der Waals surface area contributed by atoms with Gasteiger partial charge in [0.25, 0.3) is 5.91 Å². The SMILES string of the molecule is CN1CCC(O)(CN(CC2CCCCC2)C(=O)c2cccnc2Cl)CC1. The third-order valence-electron chi connectivity index (χ3n) is 5.88. The van der Waals surface area contributed by atoms with Gasteiger partial charge >= 0.3 is 0 Å². The molecule has 2 aliphatic rings. The van der Waals surface area contributed by atoms with Crippen LogP contribution in [0.25, 0.3) is 0 Å². The largest absolute Gasteiger partial charge is 0.388 e. The average molecular weight is 380 g/mol. The molecule has 3 rings (SSSR count). The highest BCUT2D eigenvalue weighted by molar-refractivity contribution is 6.32. The van der Waals surface area contributed by atoms with Crippen molar-refractivity contribution in [1.29, 1.82) is 0 Å². The first kappa shape index (κ1) is 19.6. The van der Waals surface area contributed by atoms with Gasteiger partial charge in [-0.15, -0.1) is 0 Å². The van der Waals surface area contributed by atoms with Crippen LogP contribution >= 0.6 is 11.6 Å². The topological polar surface area (TPSA) is 56.7 Å². The molecule has 1 N–H and O–H groups in total. The Labute approximate surface area is 161 Å². The summed E-state index contributed by atoms with van der Waals surface area (Å²) < 4.78 is 0. The van der Waals surface area contributed by atoms with Crippen molar-refractivity contribution in [2.75, 3.05) is 33.2 Å². The molecule has 0 bridgehead atoms. The molecule has 1 amide bonds. The number of aromatic nitrogens is 1. The van der Waals surface area contributed by atoms with E-state index in [-0.39, 0.29) is 11.1 Å². The number of aliphatic hydroxyl groups is 1. The first-order chi connectivity index (χ1) is 12.5. The molecule has 144 valence electrons. The monoisotopic (exact) mass is 379 g/mol. The minimum atomic E-state index is -0.814. The summed E-state index contributed by atoms with van der Waals surface area (Å²) in [6, 6.07) is 3.46. The Bertz CT molecular complexity index is 611. The molecule has 26 heavy (non-hydrogen) atoms. The van der Waals surface area contributed by atoms with Crippen LogP contribution in [0.15, 0.2) is 18.3 Å². The molecule has 5 nitrogen and oxygen atoms in total. The fourth-order valence-electron chi connectivity index (χ4n) is 4.16. The average Bonchev–Trinajstić information content (AvgIpc) is 2.65. The Balaban J connectivity index is 1.76. The van der Waals surface area contributed by atoms with Gasteiger partial charge in [-0.25, -0.2) is 4.98 Å². The highest BCUT2D eigenvalue weighted by atomic mass is 35.5. The van der Waals surface area contributed by atoms with E-state index in [0.717, 1.165) is 25.9 Å². The second-order valence-electron chi connectivity index (χ2n) is 8.06. The Morgan fingerprint density at radius 3 is 2.69 bits per heavy atom. The normalized spacial score (nSPS) is 21.5. The van der Waals surface area contributed by atoms with Gasteiger partial charge in [-0.1, -0.05) is 30.9 Å². The van der Waals surface area contributed by atoms with Crippen molar-refractivity contribution in [2.45, 2.75) is 50.5 Å². The lowest BCUT2D eigenvalue weighted by atomic mass is 9.87. The maximum atomic E-state index is 13.2. The zero-order valence-electron chi connectivity index (χ0n) is 15.7. The molecule has 1 aromatic heterocycles. The molecule has 1 aromatic rings. The second kappa shape index (κ2) is 8.68. The van der Waals surface area contributed by atoms with Gasteiger partial charge in [0, 0.05) is 32.4 Å². The quantitative estimate of drug-likeness (QED) is 0.798. The number of carbonyl (C=O) groups excluding carboxylic acids is 1. The van der Waals surface area contributed by atoms with Crippen LogP contribution in [0, 0.1) is 5.92 Å². The molecular weight excluding hydrogens is 350 g/mol. The van der Waals surface area contributed by atoms with Crippen molar-refractivity contribution in [3.8, 4) is 0 Å². The van der Waals surface area contributed by atoms with E-state index in [0.29, 0.717) is 37.4 Å². The molecule has 0 radical (unpaired) electrons. The number of amides is 1. The van der Waals surface area contributed by atoms with Crippen molar-refractivity contribution in [2.24, 2.45) is 5.92 Å². The van der Waals surface area contributed by atoms with Gasteiger partial charge < -0.3 is 14.9 Å². The Morgan fingerprint density at radius 1 is 1.35 bits per heavy atom. The van der Waals surface area contributed by atoms with Crippen molar-refractivity contribution >= 4 is 17.5 Å². The van der Waals surface area contributed by atoms with Crippen LogP contribution in [-0.4, -0.2) is 64.6 Å². The van der Waals surface area contributed by atoms with Gasteiger partial charge in [-0.2, -0.15) is 0 Å². The molecular formula is C20H30ClN3O2. The summed E-state index contributed by atoms with van der Waals surface area (Å²) in [7, 11) is 2.07. The summed E-state index contributed by atoms with van der Waals surface area (Å²) in [5.41, 5.74) is -0.382. The van der Waals surface area contributed by atoms with Crippen LogP contribution < -0.4 is 0 Å². The van der Waals surface area contributed by atoms with Crippen LogP contribution in [0.4, 0.5) is 0 Å². The number of nitrogens with zero attached hydrogens (tertiary/aromatic N) is 3. The molecule has 0 aromatic carbocycles. The number of halogens is 1. The number of carbonyl (C=O) groups is 1. The molecule has 1 aliphatic carbocycles. The number of pyridine rings is 1. The Kier molecular flexibility index (Phi) is 6.54. The molecule has 1 saturated carbocycles. The fraction of sp³-hybridized carbons (Fsp3) is 0.700. The highest BCUT2D eigenvalue weighted by Gasteiger charge is 2.36. The lowest BCUT2D eigenvalue weighted by molar-refractivity contribution is -0.0393. The van der Waals surface area contributed by atoms with Gasteiger partial charge in [-0.3, -0.25) is 4.79 Å². The van der Waals surface area contributed by atoms with Gasteiger partial charge in [0.2, 0.25) is 0 Å². The standard InChI is InChI=1S/C20H30ClN3O2/c1-23-12-9-20(26,10-13-23)15-24(14-16-6-3-2-4-7-16)19(25)17-8-5-11-22-18(17)21/h5,8,11,16,26H,2-4,6-7,9-10,12-15H2,1H3. The Hall–Kier alpha value is -1.17. The van der Waals surface area contributed by atoms with E-state index < -0.39 is 5.60 Å². The molecule has 0 spiro atoms. The van der Waals surface area contributed by atoms with Crippen molar-refractivity contribution < 1.29 is 9.90 Å². The molecule has 1 aliphatic heterocycles. The van der Waals surface area contributed by atoms with E-state index in [9.17, 15) is 9.90 Å². The van der Waals surface area contributed by atoms with Crippen molar-refractivity contribution in [1.82, 2.24) is 14.8 Å². The van der Waals surface area contributed by atoms with Crippen LogP contribution in [0.2, 0.25) is 5.15 Å². The Morgan fingerprint density at radius 2 is 2.04 bits per heavy atom. The number of rotatable bonds is 5. The van der Waals surface area contributed by atoms with E-state index in [2.05, 4.69) is 16.9 Å². The van der Waals surface area contributed by atoms with Crippen LogP contribution in [0.3, 0.4) is 0 Å². The van der Waals surface area contributed by atoms with Crippen LogP contribution in [0.1, 0.15) is 55.3 Å². The smallest absolute Gasteiger partial charge is 0.257 e. The summed E-state index contributed by atoms with van der Waals surface area (Å²) in [5.74, 6) is 0.402. The van der Waals surface area contributed by atoms with E-state index >= 15 is 0 Å². The van der Waals surface area contributed by atoms with Gasteiger partial charge in [-0.05, 0) is 50.8 Å². The molecule has 2 heterocycles. The van der Waals surface area contributed by atoms with Crippen LogP contribution in [0.5, 0.6) is 0 Å². The molecule has 1 saturated heterocycles.